The molecule has 0 bridgehead atoms. The van der Waals surface area contributed by atoms with Gasteiger partial charge in [0.2, 0.25) is 0 Å². The van der Waals surface area contributed by atoms with Gasteiger partial charge in [0.1, 0.15) is 0 Å². The van der Waals surface area contributed by atoms with Gasteiger partial charge in [0.15, 0.2) is 0 Å². The lowest BCUT2D eigenvalue weighted by molar-refractivity contribution is -0.137. The van der Waals surface area contributed by atoms with Crippen LogP contribution in [0.15, 0.2) is 30.5 Å². The van der Waals surface area contributed by atoms with E-state index >= 15 is 0 Å². The Morgan fingerprint density at radius 1 is 1.17 bits per heavy atom. The average Bonchev–Trinajstić information content (AvgIpc) is 2.76. The summed E-state index contributed by atoms with van der Waals surface area (Å²) in [7, 11) is 0. The molecule has 18 heavy (non-hydrogen) atoms. The zero-order chi connectivity index (χ0) is 13.2. The molecule has 0 aliphatic heterocycles. The number of aromatic nitrogens is 3. The number of hydrogen-bond acceptors (Lipinski definition) is 2. The van der Waals surface area contributed by atoms with Crippen LogP contribution in [0.4, 0.5) is 13.2 Å². The first kappa shape index (κ1) is 13.1. The van der Waals surface area contributed by atoms with Crippen LogP contribution < -0.4 is 0 Å². The van der Waals surface area contributed by atoms with E-state index in [0.29, 0.717) is 11.9 Å². The summed E-state index contributed by atoms with van der Waals surface area (Å²) >= 11 is 3.25. The van der Waals surface area contributed by atoms with Crippen molar-refractivity contribution in [2.75, 3.05) is 0 Å². The topological polar surface area (TPSA) is 30.7 Å². The molecular weight excluding hydrogens is 311 g/mol. The maximum Gasteiger partial charge on any atom is 0.416 e. The molecule has 96 valence electrons. The molecule has 0 saturated heterocycles. The Morgan fingerprint density at radius 2 is 1.83 bits per heavy atom. The fourth-order valence-electron chi connectivity index (χ4n) is 1.46. The van der Waals surface area contributed by atoms with Crippen LogP contribution in [0, 0.1) is 0 Å². The van der Waals surface area contributed by atoms with Gasteiger partial charge < -0.3 is 0 Å². The third kappa shape index (κ3) is 3.10. The highest BCUT2D eigenvalue weighted by Gasteiger charge is 2.29. The molecule has 1 aromatic heterocycles. The van der Waals surface area contributed by atoms with Crippen molar-refractivity contribution in [3.8, 4) is 0 Å². The van der Waals surface area contributed by atoms with E-state index in [0.717, 1.165) is 23.4 Å². The van der Waals surface area contributed by atoms with Crippen LogP contribution in [0.2, 0.25) is 0 Å². The minimum absolute atomic E-state index is 0.401. The predicted octanol–water partition coefficient (Wildman–Crippen LogP) is 3.24. The van der Waals surface area contributed by atoms with E-state index < -0.39 is 11.7 Å². The van der Waals surface area contributed by atoms with Gasteiger partial charge in [0.05, 0.1) is 17.8 Å². The van der Waals surface area contributed by atoms with Crippen molar-refractivity contribution in [3.05, 3.63) is 47.3 Å². The zero-order valence-electron chi connectivity index (χ0n) is 9.15. The average molecular weight is 320 g/mol. The van der Waals surface area contributed by atoms with E-state index in [1.165, 1.54) is 12.1 Å². The van der Waals surface area contributed by atoms with Gasteiger partial charge in [0.25, 0.3) is 0 Å². The third-order valence-electron chi connectivity index (χ3n) is 2.35. The molecule has 0 N–H and O–H groups in total. The van der Waals surface area contributed by atoms with Crippen molar-refractivity contribution in [1.82, 2.24) is 15.0 Å². The van der Waals surface area contributed by atoms with Crippen LogP contribution in [0.25, 0.3) is 0 Å². The Kier molecular flexibility index (Phi) is 3.70. The van der Waals surface area contributed by atoms with Crippen LogP contribution >= 0.6 is 15.9 Å². The van der Waals surface area contributed by atoms with E-state index in [9.17, 15) is 13.2 Å². The van der Waals surface area contributed by atoms with E-state index in [1.54, 1.807) is 10.9 Å². The number of benzene rings is 1. The monoisotopic (exact) mass is 319 g/mol. The molecule has 3 nitrogen and oxygen atoms in total. The molecule has 0 fully saturated rings. The fraction of sp³-hybridized carbons (Fsp3) is 0.273. The molecule has 0 atom stereocenters. The molecule has 0 aliphatic rings. The van der Waals surface area contributed by atoms with Gasteiger partial charge in [0, 0.05) is 11.5 Å². The molecule has 7 heteroatoms. The lowest BCUT2D eigenvalue weighted by Crippen LogP contribution is -2.05. The van der Waals surface area contributed by atoms with Gasteiger partial charge in [-0.2, -0.15) is 13.2 Å². The smallest absolute Gasteiger partial charge is 0.248 e. The highest BCUT2D eigenvalue weighted by molar-refractivity contribution is 9.08. The van der Waals surface area contributed by atoms with Crippen LogP contribution in [-0.2, 0) is 18.1 Å². The van der Waals surface area contributed by atoms with Gasteiger partial charge in [-0.05, 0) is 17.7 Å². The predicted molar refractivity (Wildman–Crippen MR) is 63.2 cm³/mol. The van der Waals surface area contributed by atoms with Crippen LogP contribution in [-0.4, -0.2) is 15.0 Å². The maximum atomic E-state index is 12.4. The van der Waals surface area contributed by atoms with Crippen molar-refractivity contribution in [2.45, 2.75) is 18.1 Å². The van der Waals surface area contributed by atoms with E-state index in [4.69, 9.17) is 0 Å². The molecule has 0 unspecified atom stereocenters. The highest BCUT2D eigenvalue weighted by atomic mass is 79.9. The van der Waals surface area contributed by atoms with E-state index in [-0.39, 0.29) is 0 Å². The fourth-order valence-corrected chi connectivity index (χ4v) is 1.72. The zero-order valence-corrected chi connectivity index (χ0v) is 10.7. The summed E-state index contributed by atoms with van der Waals surface area (Å²) in [5.41, 5.74) is 0.877. The second-order valence-electron chi connectivity index (χ2n) is 3.74. The summed E-state index contributed by atoms with van der Waals surface area (Å²) in [5, 5.41) is 8.34. The summed E-state index contributed by atoms with van der Waals surface area (Å²) in [6, 6.07) is 5.02. The Hall–Kier alpha value is -1.37. The third-order valence-corrected chi connectivity index (χ3v) is 2.92. The molecule has 0 radical (unpaired) electrons. The lowest BCUT2D eigenvalue weighted by Gasteiger charge is -2.07. The largest absolute Gasteiger partial charge is 0.416 e. The van der Waals surface area contributed by atoms with E-state index in [2.05, 4.69) is 26.2 Å². The van der Waals surface area contributed by atoms with Crippen molar-refractivity contribution in [1.29, 1.82) is 0 Å². The number of rotatable bonds is 3. The first-order chi connectivity index (χ1) is 8.49. The van der Waals surface area contributed by atoms with Gasteiger partial charge in [-0.1, -0.05) is 33.3 Å². The second kappa shape index (κ2) is 5.09. The standard InChI is InChI=1S/C11H9BrF3N3/c12-5-10-7-18(17-16-10)6-8-1-3-9(4-2-8)11(13,14)15/h1-4,7H,5-6H2. The molecule has 2 rings (SSSR count). The van der Waals surface area contributed by atoms with Crippen molar-refractivity contribution in [3.63, 3.8) is 0 Å². The molecule has 0 aliphatic carbocycles. The van der Waals surface area contributed by atoms with E-state index in [1.807, 2.05) is 0 Å². The quantitative estimate of drug-likeness (QED) is 0.813. The second-order valence-corrected chi connectivity index (χ2v) is 4.30. The van der Waals surface area contributed by atoms with Gasteiger partial charge in [-0.25, -0.2) is 4.68 Å². The van der Waals surface area contributed by atoms with Crippen LogP contribution in [0.5, 0.6) is 0 Å². The van der Waals surface area contributed by atoms with Gasteiger partial charge in [-0.3, -0.25) is 0 Å². The summed E-state index contributed by atoms with van der Waals surface area (Å²) in [4.78, 5) is 0. The molecule has 0 amide bonds. The Bertz CT molecular complexity index is 519. The Balaban J connectivity index is 2.11. The van der Waals surface area contributed by atoms with Crippen molar-refractivity contribution < 1.29 is 13.2 Å². The minimum atomic E-state index is -4.30. The van der Waals surface area contributed by atoms with Crippen LogP contribution in [0.1, 0.15) is 16.8 Å². The summed E-state index contributed by atoms with van der Waals surface area (Å²) < 4.78 is 38.7. The normalized spacial score (nSPS) is 11.8. The molecular formula is C11H9BrF3N3. The molecule has 0 saturated carbocycles. The number of alkyl halides is 4. The molecule has 1 heterocycles. The first-order valence-corrected chi connectivity index (χ1v) is 6.22. The highest BCUT2D eigenvalue weighted by Crippen LogP contribution is 2.29. The van der Waals surface area contributed by atoms with Crippen LogP contribution in [0.3, 0.4) is 0 Å². The van der Waals surface area contributed by atoms with Gasteiger partial charge >= 0.3 is 6.18 Å². The number of halogens is 4. The lowest BCUT2D eigenvalue weighted by atomic mass is 10.1. The Morgan fingerprint density at radius 3 is 2.33 bits per heavy atom. The summed E-state index contributed by atoms with van der Waals surface area (Å²) in [6.45, 7) is 0.401. The molecule has 0 spiro atoms. The molecule has 1 aromatic carbocycles. The number of nitrogens with zero attached hydrogens (tertiary/aromatic N) is 3. The van der Waals surface area contributed by atoms with Crippen molar-refractivity contribution >= 4 is 15.9 Å². The summed E-state index contributed by atoms with van der Waals surface area (Å²) in [5.74, 6) is 0. The number of hydrogen-bond donors (Lipinski definition) is 0. The summed E-state index contributed by atoms with van der Waals surface area (Å²) in [6.07, 6.45) is -2.55. The maximum absolute atomic E-state index is 12.4. The van der Waals surface area contributed by atoms with Crippen molar-refractivity contribution in [2.24, 2.45) is 0 Å². The SMILES string of the molecule is FC(F)(F)c1ccc(Cn2cc(CBr)nn2)cc1. The van der Waals surface area contributed by atoms with Gasteiger partial charge in [-0.15, -0.1) is 5.10 Å². The minimum Gasteiger partial charge on any atom is -0.248 e. The first-order valence-electron chi connectivity index (χ1n) is 5.10. The Labute approximate surface area is 110 Å². The molecule has 2 aromatic rings.